The van der Waals surface area contributed by atoms with E-state index in [1.54, 1.807) is 0 Å². The molecule has 158 valence electrons. The van der Waals surface area contributed by atoms with Gasteiger partial charge < -0.3 is 9.47 Å². The van der Waals surface area contributed by atoms with Crippen molar-refractivity contribution in [2.24, 2.45) is 0 Å². The van der Waals surface area contributed by atoms with Gasteiger partial charge in [0.2, 0.25) is 5.78 Å². The van der Waals surface area contributed by atoms with Gasteiger partial charge in [-0.15, -0.1) is 0 Å². The highest BCUT2D eigenvalue weighted by Gasteiger charge is 2.31. The van der Waals surface area contributed by atoms with Gasteiger partial charge in [-0.2, -0.15) is 0 Å². The number of para-hydroxylation sites is 1. The van der Waals surface area contributed by atoms with Gasteiger partial charge in [0.1, 0.15) is 5.75 Å². The van der Waals surface area contributed by atoms with Gasteiger partial charge in [0.15, 0.2) is 0 Å². The lowest BCUT2D eigenvalue weighted by Gasteiger charge is -2.30. The van der Waals surface area contributed by atoms with E-state index < -0.39 is 13.2 Å². The van der Waals surface area contributed by atoms with Crippen molar-refractivity contribution in [3.05, 3.63) is 121 Å². The fourth-order valence-corrected chi connectivity index (χ4v) is 7.88. The molecule has 32 heavy (non-hydrogen) atoms. The fraction of sp³-hybridized carbons (Fsp3) is 0.0714. The first-order valence-corrected chi connectivity index (χ1v) is 12.4. The summed E-state index contributed by atoms with van der Waals surface area (Å²) in [6.07, 6.45) is -0.958. The van der Waals surface area contributed by atoms with Crippen LogP contribution in [0.4, 0.5) is 0 Å². The van der Waals surface area contributed by atoms with Crippen LogP contribution >= 0.6 is 6.89 Å². The summed E-state index contributed by atoms with van der Waals surface area (Å²) < 4.78 is 11.8. The summed E-state index contributed by atoms with van der Waals surface area (Å²) in [5, 5.41) is 3.34. The lowest BCUT2D eigenvalue weighted by molar-refractivity contribution is -0.149. The number of carbonyl (C=O) groups excluding carboxylic acids is 1. The summed E-state index contributed by atoms with van der Waals surface area (Å²) in [5.41, 5.74) is 0.951. The zero-order valence-corrected chi connectivity index (χ0v) is 18.4. The van der Waals surface area contributed by atoms with E-state index in [2.05, 4.69) is 36.4 Å². The summed E-state index contributed by atoms with van der Waals surface area (Å²) in [6, 6.07) is 38.5. The SMILES string of the molecule is O=C(C=P(c1ccccc1)(c1ccccc1)c1ccccc1)C1OCc2ccccc2O1. The summed E-state index contributed by atoms with van der Waals surface area (Å²) in [6.45, 7) is -2.04. The van der Waals surface area contributed by atoms with Crippen LogP contribution in [0.3, 0.4) is 0 Å². The Hall–Kier alpha value is -3.39. The van der Waals surface area contributed by atoms with Crippen LogP contribution in [0.2, 0.25) is 0 Å². The van der Waals surface area contributed by atoms with Crippen molar-refractivity contribution in [2.45, 2.75) is 12.9 Å². The molecule has 0 amide bonds. The molecular weight excluding hydrogens is 415 g/mol. The van der Waals surface area contributed by atoms with Crippen LogP contribution in [0.1, 0.15) is 5.56 Å². The molecule has 0 radical (unpaired) electrons. The molecule has 4 aromatic carbocycles. The molecule has 1 heterocycles. The zero-order chi connectivity index (χ0) is 21.8. The maximum absolute atomic E-state index is 13.7. The van der Waals surface area contributed by atoms with Crippen LogP contribution in [0.25, 0.3) is 0 Å². The van der Waals surface area contributed by atoms with Crippen molar-refractivity contribution in [2.75, 3.05) is 0 Å². The molecule has 3 nitrogen and oxygen atoms in total. The van der Waals surface area contributed by atoms with Crippen LogP contribution in [0, 0.1) is 0 Å². The predicted molar refractivity (Wildman–Crippen MR) is 132 cm³/mol. The molecule has 0 N–H and O–H groups in total. The third kappa shape index (κ3) is 3.82. The molecule has 0 saturated heterocycles. The van der Waals surface area contributed by atoms with Gasteiger partial charge in [-0.05, 0) is 34.7 Å². The Balaban J connectivity index is 1.70. The lowest BCUT2D eigenvalue weighted by atomic mass is 10.2. The molecule has 4 heteroatoms. The van der Waals surface area contributed by atoms with Crippen LogP contribution in [0.5, 0.6) is 5.75 Å². The van der Waals surface area contributed by atoms with Crippen LogP contribution in [-0.2, 0) is 16.1 Å². The van der Waals surface area contributed by atoms with Crippen molar-refractivity contribution >= 4 is 34.4 Å². The van der Waals surface area contributed by atoms with Gasteiger partial charge >= 0.3 is 0 Å². The second-order valence-electron chi connectivity index (χ2n) is 7.63. The molecule has 0 saturated carbocycles. The first kappa shape index (κ1) is 20.5. The molecular formula is C28H23O3P. The second-order valence-corrected chi connectivity index (χ2v) is 10.9. The maximum Gasteiger partial charge on any atom is 0.264 e. The number of rotatable bonds is 5. The fourth-order valence-electron chi connectivity index (χ4n) is 4.10. The Morgan fingerprint density at radius 2 is 1.16 bits per heavy atom. The second kappa shape index (κ2) is 9.00. The highest BCUT2D eigenvalue weighted by atomic mass is 31.2. The van der Waals surface area contributed by atoms with Crippen LogP contribution < -0.4 is 20.7 Å². The number of fused-ring (bicyclic) bond motifs is 1. The van der Waals surface area contributed by atoms with Crippen molar-refractivity contribution in [3.8, 4) is 5.75 Å². The van der Waals surface area contributed by atoms with Crippen LogP contribution in [-0.4, -0.2) is 17.9 Å². The van der Waals surface area contributed by atoms with E-state index in [0.29, 0.717) is 12.4 Å². The molecule has 1 atom stereocenters. The van der Waals surface area contributed by atoms with Gasteiger partial charge in [0.05, 0.1) is 6.61 Å². The Kier molecular flexibility index (Phi) is 5.77. The van der Waals surface area contributed by atoms with Crippen molar-refractivity contribution in [3.63, 3.8) is 0 Å². The molecule has 0 aliphatic carbocycles. The van der Waals surface area contributed by atoms with Gasteiger partial charge in [-0.1, -0.05) is 109 Å². The quantitative estimate of drug-likeness (QED) is 0.436. The lowest BCUT2D eigenvalue weighted by Crippen LogP contribution is -2.37. The van der Waals surface area contributed by atoms with Gasteiger partial charge in [0.25, 0.3) is 6.29 Å². The molecule has 1 unspecified atom stereocenters. The first-order chi connectivity index (χ1) is 15.8. The summed E-state index contributed by atoms with van der Waals surface area (Å²) in [5.74, 6) is 2.41. The number of ketones is 1. The smallest absolute Gasteiger partial charge is 0.264 e. The molecule has 0 aromatic heterocycles. The molecule has 0 bridgehead atoms. The van der Waals surface area contributed by atoms with E-state index in [-0.39, 0.29) is 5.78 Å². The first-order valence-electron chi connectivity index (χ1n) is 10.6. The van der Waals surface area contributed by atoms with E-state index in [1.165, 1.54) is 0 Å². The van der Waals surface area contributed by atoms with E-state index in [4.69, 9.17) is 9.47 Å². The third-order valence-electron chi connectivity index (χ3n) is 5.64. The number of hydrogen-bond donors (Lipinski definition) is 0. The number of hydrogen-bond acceptors (Lipinski definition) is 3. The minimum atomic E-state index is -2.40. The van der Waals surface area contributed by atoms with Crippen molar-refractivity contribution in [1.29, 1.82) is 0 Å². The predicted octanol–water partition coefficient (Wildman–Crippen LogP) is 4.29. The molecule has 4 aromatic rings. The van der Waals surface area contributed by atoms with E-state index in [9.17, 15) is 4.79 Å². The highest BCUT2D eigenvalue weighted by molar-refractivity contribution is 7.95. The Labute approximate surface area is 188 Å². The Morgan fingerprint density at radius 3 is 1.69 bits per heavy atom. The maximum atomic E-state index is 13.7. The number of ether oxygens (including phenoxy) is 2. The van der Waals surface area contributed by atoms with E-state index >= 15 is 0 Å². The largest absolute Gasteiger partial charge is 0.457 e. The Morgan fingerprint density at radius 1 is 0.688 bits per heavy atom. The Bertz CT molecular complexity index is 1160. The molecule has 1 aliphatic rings. The van der Waals surface area contributed by atoms with Crippen LogP contribution in [0.15, 0.2) is 115 Å². The topological polar surface area (TPSA) is 35.5 Å². The normalized spacial score (nSPS) is 15.3. The monoisotopic (exact) mass is 438 g/mol. The highest BCUT2D eigenvalue weighted by Crippen LogP contribution is 2.44. The van der Waals surface area contributed by atoms with Gasteiger partial charge in [-0.3, -0.25) is 4.79 Å². The number of benzene rings is 4. The summed E-state index contributed by atoms with van der Waals surface area (Å²) in [7, 11) is 0. The van der Waals surface area contributed by atoms with Crippen molar-refractivity contribution < 1.29 is 14.3 Å². The van der Waals surface area contributed by atoms with Crippen molar-refractivity contribution in [1.82, 2.24) is 0 Å². The molecule has 1 aliphatic heterocycles. The average Bonchev–Trinajstić information content (AvgIpc) is 2.88. The average molecular weight is 438 g/mol. The van der Waals surface area contributed by atoms with E-state index in [0.717, 1.165) is 21.5 Å². The molecule has 0 spiro atoms. The van der Waals surface area contributed by atoms with Gasteiger partial charge in [0, 0.05) is 5.56 Å². The van der Waals surface area contributed by atoms with Gasteiger partial charge in [-0.25, -0.2) is 0 Å². The molecule has 5 rings (SSSR count). The minimum Gasteiger partial charge on any atom is -0.457 e. The number of Topliss-reactive ketones (excluding diaryl/α,β-unsaturated/α-hetero) is 1. The molecule has 0 fully saturated rings. The zero-order valence-electron chi connectivity index (χ0n) is 17.5. The summed E-state index contributed by atoms with van der Waals surface area (Å²) in [4.78, 5) is 13.7. The summed E-state index contributed by atoms with van der Waals surface area (Å²) >= 11 is 0. The minimum absolute atomic E-state index is 0.163. The third-order valence-corrected chi connectivity index (χ3v) is 9.62. The van der Waals surface area contributed by atoms with E-state index in [1.807, 2.05) is 84.7 Å². The number of carbonyl (C=O) groups is 1. The standard InChI is InChI=1S/C28H23O3P/c29-26(28-30-20-22-12-10-11-19-27(22)31-28)21-32(23-13-4-1-5-14-23,24-15-6-2-7-16-24)25-17-8-3-9-18-25/h1-19,21,28H,20H2.